The predicted molar refractivity (Wildman–Crippen MR) is 102 cm³/mol. The van der Waals surface area contributed by atoms with Gasteiger partial charge in [-0.1, -0.05) is 12.1 Å². The summed E-state index contributed by atoms with van der Waals surface area (Å²) in [5, 5.41) is 20.7. The fourth-order valence-electron chi connectivity index (χ4n) is 3.96. The van der Waals surface area contributed by atoms with Gasteiger partial charge in [-0.2, -0.15) is 0 Å². The number of hydrogen-bond donors (Lipinski definition) is 1. The topological polar surface area (TPSA) is 107 Å². The van der Waals surface area contributed by atoms with Crippen molar-refractivity contribution in [3.8, 4) is 0 Å². The van der Waals surface area contributed by atoms with Crippen LogP contribution in [0.1, 0.15) is 18.9 Å². The average molecular weight is 390 g/mol. The SMILES string of the molecule is CC(=O)N1CCN(C(=O)Cc2cccc([N+](=O)[O-])c2)[C@H](CN2CC[C@H](O)C2)C1. The Hall–Kier alpha value is -2.52. The van der Waals surface area contributed by atoms with Crippen LogP contribution in [0.2, 0.25) is 0 Å². The number of aliphatic hydroxyl groups is 1. The van der Waals surface area contributed by atoms with Gasteiger partial charge in [0.05, 0.1) is 23.5 Å². The van der Waals surface area contributed by atoms with Crippen molar-refractivity contribution in [1.82, 2.24) is 14.7 Å². The van der Waals surface area contributed by atoms with E-state index in [-0.39, 0.29) is 36.1 Å². The molecule has 0 aromatic heterocycles. The number of piperazine rings is 1. The molecule has 2 aliphatic heterocycles. The van der Waals surface area contributed by atoms with E-state index in [2.05, 4.69) is 4.90 Å². The molecule has 152 valence electrons. The lowest BCUT2D eigenvalue weighted by atomic mass is 10.1. The van der Waals surface area contributed by atoms with Crippen LogP contribution in [0.5, 0.6) is 0 Å². The summed E-state index contributed by atoms with van der Waals surface area (Å²) >= 11 is 0. The van der Waals surface area contributed by atoms with E-state index in [4.69, 9.17) is 0 Å². The third kappa shape index (κ3) is 4.85. The van der Waals surface area contributed by atoms with Crippen molar-refractivity contribution in [3.05, 3.63) is 39.9 Å². The first kappa shape index (κ1) is 20.2. The Balaban J connectivity index is 1.71. The van der Waals surface area contributed by atoms with Gasteiger partial charge < -0.3 is 14.9 Å². The molecule has 2 fully saturated rings. The van der Waals surface area contributed by atoms with Gasteiger partial charge in [-0.3, -0.25) is 24.6 Å². The van der Waals surface area contributed by atoms with Crippen molar-refractivity contribution >= 4 is 17.5 Å². The molecule has 0 spiro atoms. The number of non-ortho nitro benzene ring substituents is 1. The standard InChI is InChI=1S/C19H26N4O5/c1-14(24)21-7-8-22(17(12-21)11-20-6-5-18(25)13-20)19(26)10-15-3-2-4-16(9-15)23(27)28/h2-4,9,17-18,25H,5-8,10-13H2,1H3/t17-,18+/m1/s1. The maximum atomic E-state index is 13.0. The number of nitro groups is 1. The normalized spacial score (nSPS) is 23.1. The number of rotatable bonds is 5. The molecule has 1 aromatic carbocycles. The second-order valence-corrected chi connectivity index (χ2v) is 7.51. The molecule has 2 atom stereocenters. The molecule has 9 heteroatoms. The molecule has 9 nitrogen and oxygen atoms in total. The van der Waals surface area contributed by atoms with Gasteiger partial charge in [-0.05, 0) is 12.0 Å². The summed E-state index contributed by atoms with van der Waals surface area (Å²) in [5.74, 6) is -0.120. The Morgan fingerprint density at radius 3 is 2.68 bits per heavy atom. The highest BCUT2D eigenvalue weighted by Gasteiger charge is 2.34. The maximum Gasteiger partial charge on any atom is 0.269 e. The van der Waals surface area contributed by atoms with Gasteiger partial charge in [0.15, 0.2) is 0 Å². The third-order valence-electron chi connectivity index (χ3n) is 5.44. The summed E-state index contributed by atoms with van der Waals surface area (Å²) in [7, 11) is 0. The molecule has 0 bridgehead atoms. The first-order valence-electron chi connectivity index (χ1n) is 9.52. The maximum absolute atomic E-state index is 13.0. The minimum Gasteiger partial charge on any atom is -0.392 e. The summed E-state index contributed by atoms with van der Waals surface area (Å²) in [4.78, 5) is 40.9. The van der Waals surface area contributed by atoms with Crippen molar-refractivity contribution in [2.45, 2.75) is 31.9 Å². The fraction of sp³-hybridized carbons (Fsp3) is 0.579. The van der Waals surface area contributed by atoms with Gasteiger partial charge in [0.2, 0.25) is 11.8 Å². The second kappa shape index (κ2) is 8.66. The zero-order chi connectivity index (χ0) is 20.3. The van der Waals surface area contributed by atoms with Crippen LogP contribution in [0, 0.1) is 10.1 Å². The van der Waals surface area contributed by atoms with Crippen molar-refractivity contribution < 1.29 is 19.6 Å². The number of β-amino-alcohol motifs (C(OH)–C–C–N with tert-alkyl or cyclic N) is 1. The van der Waals surface area contributed by atoms with Gasteiger partial charge in [-0.25, -0.2) is 0 Å². The molecule has 2 heterocycles. The molecule has 3 rings (SSSR count). The molecule has 2 saturated heterocycles. The molecule has 0 radical (unpaired) electrons. The molecule has 0 aliphatic carbocycles. The van der Waals surface area contributed by atoms with Crippen LogP contribution in [-0.4, -0.2) is 88.0 Å². The summed E-state index contributed by atoms with van der Waals surface area (Å²) < 4.78 is 0. The van der Waals surface area contributed by atoms with Crippen LogP contribution in [0.4, 0.5) is 5.69 Å². The van der Waals surface area contributed by atoms with Crippen molar-refractivity contribution in [2.75, 3.05) is 39.3 Å². The highest BCUT2D eigenvalue weighted by molar-refractivity contribution is 5.80. The lowest BCUT2D eigenvalue weighted by Crippen LogP contribution is -2.59. The lowest BCUT2D eigenvalue weighted by molar-refractivity contribution is -0.384. The quantitative estimate of drug-likeness (QED) is 0.571. The smallest absolute Gasteiger partial charge is 0.269 e. The Kier molecular flexibility index (Phi) is 6.25. The molecular weight excluding hydrogens is 364 g/mol. The fourth-order valence-corrected chi connectivity index (χ4v) is 3.96. The Morgan fingerprint density at radius 2 is 2.04 bits per heavy atom. The van der Waals surface area contributed by atoms with E-state index in [1.165, 1.54) is 19.1 Å². The number of hydrogen-bond acceptors (Lipinski definition) is 6. The Morgan fingerprint density at radius 1 is 1.25 bits per heavy atom. The highest BCUT2D eigenvalue weighted by atomic mass is 16.6. The van der Waals surface area contributed by atoms with E-state index < -0.39 is 4.92 Å². The number of carbonyl (C=O) groups excluding carboxylic acids is 2. The average Bonchev–Trinajstić information content (AvgIpc) is 3.06. The van der Waals surface area contributed by atoms with Gasteiger partial charge >= 0.3 is 0 Å². The van der Waals surface area contributed by atoms with Gasteiger partial charge in [0.25, 0.3) is 5.69 Å². The first-order valence-corrected chi connectivity index (χ1v) is 9.52. The zero-order valence-electron chi connectivity index (χ0n) is 16.0. The minimum absolute atomic E-state index is 0.0164. The van der Waals surface area contributed by atoms with Gasteiger partial charge in [-0.15, -0.1) is 0 Å². The van der Waals surface area contributed by atoms with E-state index in [1.807, 2.05) is 0 Å². The number of likely N-dealkylation sites (tertiary alicyclic amines) is 1. The number of aliphatic hydroxyl groups excluding tert-OH is 1. The molecule has 1 aromatic rings. The largest absolute Gasteiger partial charge is 0.392 e. The molecule has 0 unspecified atom stereocenters. The number of amides is 2. The third-order valence-corrected chi connectivity index (χ3v) is 5.44. The molecule has 2 amide bonds. The first-order chi connectivity index (χ1) is 13.3. The van der Waals surface area contributed by atoms with Crippen LogP contribution >= 0.6 is 0 Å². The molecule has 1 N–H and O–H groups in total. The Bertz CT molecular complexity index is 756. The van der Waals surface area contributed by atoms with Crippen LogP contribution in [0.15, 0.2) is 24.3 Å². The van der Waals surface area contributed by atoms with Crippen molar-refractivity contribution in [3.63, 3.8) is 0 Å². The van der Waals surface area contributed by atoms with E-state index in [1.54, 1.807) is 21.9 Å². The lowest BCUT2D eigenvalue weighted by Gasteiger charge is -2.42. The minimum atomic E-state index is -0.471. The van der Waals surface area contributed by atoms with Crippen molar-refractivity contribution in [2.24, 2.45) is 0 Å². The van der Waals surface area contributed by atoms with Crippen LogP contribution in [0.25, 0.3) is 0 Å². The summed E-state index contributed by atoms with van der Waals surface area (Å²) in [5.41, 5.74) is 0.567. The van der Waals surface area contributed by atoms with E-state index >= 15 is 0 Å². The number of carbonyl (C=O) groups is 2. The predicted octanol–water partition coefficient (Wildman–Crippen LogP) is 0.263. The number of nitro benzene ring substituents is 1. The summed E-state index contributed by atoms with van der Waals surface area (Å²) in [6.45, 7) is 4.85. The summed E-state index contributed by atoms with van der Waals surface area (Å²) in [6, 6.07) is 5.96. The monoisotopic (exact) mass is 390 g/mol. The Labute approximate surface area is 163 Å². The van der Waals surface area contributed by atoms with Gasteiger partial charge in [0.1, 0.15) is 0 Å². The molecule has 2 aliphatic rings. The zero-order valence-corrected chi connectivity index (χ0v) is 16.0. The molecule has 28 heavy (non-hydrogen) atoms. The van der Waals surface area contributed by atoms with E-state index in [0.717, 1.165) is 6.54 Å². The van der Waals surface area contributed by atoms with Gasteiger partial charge in [0, 0.05) is 58.3 Å². The van der Waals surface area contributed by atoms with Crippen molar-refractivity contribution in [1.29, 1.82) is 0 Å². The number of benzene rings is 1. The van der Waals surface area contributed by atoms with Crippen LogP contribution in [-0.2, 0) is 16.0 Å². The molecular formula is C19H26N4O5. The van der Waals surface area contributed by atoms with E-state index in [9.17, 15) is 24.8 Å². The number of nitrogens with zero attached hydrogens (tertiary/aromatic N) is 4. The highest BCUT2D eigenvalue weighted by Crippen LogP contribution is 2.19. The van der Waals surface area contributed by atoms with Crippen LogP contribution in [0.3, 0.4) is 0 Å². The van der Waals surface area contributed by atoms with E-state index in [0.29, 0.717) is 44.7 Å². The second-order valence-electron chi connectivity index (χ2n) is 7.51. The van der Waals surface area contributed by atoms with Crippen LogP contribution < -0.4 is 0 Å². The molecule has 0 saturated carbocycles. The summed E-state index contributed by atoms with van der Waals surface area (Å²) in [6.07, 6.45) is 0.451.